The van der Waals surface area contributed by atoms with Crippen LogP contribution in [0.4, 0.5) is 0 Å². The molecule has 2 aliphatic carbocycles. The van der Waals surface area contributed by atoms with Gasteiger partial charge in [-0.05, 0) is 26.2 Å². The third kappa shape index (κ3) is 1.70. The summed E-state index contributed by atoms with van der Waals surface area (Å²) in [5, 5.41) is 3.75. The first-order chi connectivity index (χ1) is 6.64. The molecule has 1 N–H and O–H groups in total. The van der Waals surface area contributed by atoms with Gasteiger partial charge in [0.15, 0.2) is 0 Å². The lowest BCUT2D eigenvalue weighted by molar-refractivity contribution is -0.118. The van der Waals surface area contributed by atoms with Crippen LogP contribution >= 0.6 is 0 Å². The van der Waals surface area contributed by atoms with Gasteiger partial charge in [-0.15, -0.1) is 0 Å². The predicted octanol–water partition coefficient (Wildman–Crippen LogP) is 2.33. The lowest BCUT2D eigenvalue weighted by Gasteiger charge is -2.53. The van der Waals surface area contributed by atoms with Crippen molar-refractivity contribution in [2.24, 2.45) is 5.41 Å². The molecule has 0 aromatic carbocycles. The van der Waals surface area contributed by atoms with Crippen molar-refractivity contribution in [3.8, 4) is 0 Å². The fraction of sp³-hybridized carbons (Fsp3) is 1.00. The third-order valence-corrected chi connectivity index (χ3v) is 4.09. The van der Waals surface area contributed by atoms with Crippen LogP contribution in [0.5, 0.6) is 0 Å². The van der Waals surface area contributed by atoms with E-state index in [1.54, 1.807) is 0 Å². The summed E-state index contributed by atoms with van der Waals surface area (Å²) in [5.41, 5.74) is 0.339. The minimum Gasteiger partial charge on any atom is -0.378 e. The monoisotopic (exact) mass is 197 g/mol. The lowest BCUT2D eigenvalue weighted by Crippen LogP contribution is -2.63. The summed E-state index contributed by atoms with van der Waals surface area (Å²) in [6.45, 7) is 7.59. The van der Waals surface area contributed by atoms with Crippen molar-refractivity contribution in [1.82, 2.24) is 5.32 Å². The molecule has 2 heteroatoms. The van der Waals surface area contributed by atoms with Crippen LogP contribution in [-0.4, -0.2) is 24.8 Å². The Kier molecular flexibility index (Phi) is 2.85. The summed E-state index contributed by atoms with van der Waals surface area (Å²) in [7, 11) is 0. The topological polar surface area (TPSA) is 21.3 Å². The summed E-state index contributed by atoms with van der Waals surface area (Å²) in [6.07, 6.45) is 5.86. The predicted molar refractivity (Wildman–Crippen MR) is 58.4 cm³/mol. The number of rotatable bonds is 4. The molecule has 2 rings (SSSR count). The molecule has 2 nitrogen and oxygen atoms in total. The minimum atomic E-state index is 0.339. The van der Waals surface area contributed by atoms with Crippen LogP contribution in [0, 0.1) is 5.41 Å². The highest BCUT2D eigenvalue weighted by Gasteiger charge is 2.49. The summed E-state index contributed by atoms with van der Waals surface area (Å²) < 4.78 is 5.72. The quantitative estimate of drug-likeness (QED) is 0.747. The average molecular weight is 197 g/mol. The van der Waals surface area contributed by atoms with E-state index in [1.807, 2.05) is 0 Å². The molecule has 2 atom stereocenters. The number of ether oxygens (including phenoxy) is 1. The highest BCUT2D eigenvalue weighted by Crippen LogP contribution is 2.43. The van der Waals surface area contributed by atoms with Crippen LogP contribution < -0.4 is 5.32 Å². The first-order valence-corrected chi connectivity index (χ1v) is 6.02. The highest BCUT2D eigenvalue weighted by atomic mass is 16.5. The van der Waals surface area contributed by atoms with E-state index in [-0.39, 0.29) is 0 Å². The van der Waals surface area contributed by atoms with Crippen LogP contribution in [0.15, 0.2) is 0 Å². The van der Waals surface area contributed by atoms with E-state index in [4.69, 9.17) is 4.74 Å². The Morgan fingerprint density at radius 3 is 2.50 bits per heavy atom. The third-order valence-electron chi connectivity index (χ3n) is 4.09. The van der Waals surface area contributed by atoms with Crippen molar-refractivity contribution in [2.45, 2.75) is 64.6 Å². The Morgan fingerprint density at radius 1 is 1.36 bits per heavy atom. The van der Waals surface area contributed by atoms with E-state index >= 15 is 0 Å². The van der Waals surface area contributed by atoms with E-state index in [0.717, 1.165) is 12.6 Å². The molecule has 2 aliphatic rings. The summed E-state index contributed by atoms with van der Waals surface area (Å²) in [5.74, 6) is 0. The van der Waals surface area contributed by atoms with E-state index < -0.39 is 0 Å². The van der Waals surface area contributed by atoms with Crippen LogP contribution in [0.25, 0.3) is 0 Å². The normalized spacial score (nSPS) is 36.2. The highest BCUT2D eigenvalue weighted by molar-refractivity contribution is 5.04. The smallest absolute Gasteiger partial charge is 0.0655 e. The van der Waals surface area contributed by atoms with Gasteiger partial charge in [0, 0.05) is 24.1 Å². The molecule has 82 valence electrons. The Bertz CT molecular complexity index is 198. The lowest BCUT2D eigenvalue weighted by atomic mass is 9.64. The summed E-state index contributed by atoms with van der Waals surface area (Å²) >= 11 is 0. The molecular formula is C12H23NO. The van der Waals surface area contributed by atoms with E-state index in [0.29, 0.717) is 17.6 Å². The maximum Gasteiger partial charge on any atom is 0.0655 e. The number of hydrogen-bond donors (Lipinski definition) is 1. The number of nitrogens with one attached hydrogen (secondary N) is 1. The zero-order valence-corrected chi connectivity index (χ0v) is 9.68. The van der Waals surface area contributed by atoms with Gasteiger partial charge in [0.05, 0.1) is 6.10 Å². The minimum absolute atomic E-state index is 0.339. The summed E-state index contributed by atoms with van der Waals surface area (Å²) in [6, 6.07) is 1.49. The average Bonchev–Trinajstić information content (AvgIpc) is 2.07. The molecular weight excluding hydrogens is 174 g/mol. The fourth-order valence-corrected chi connectivity index (χ4v) is 2.51. The molecule has 0 saturated heterocycles. The second-order valence-electron chi connectivity index (χ2n) is 5.35. The molecule has 0 amide bonds. The van der Waals surface area contributed by atoms with Gasteiger partial charge in [-0.1, -0.05) is 20.3 Å². The van der Waals surface area contributed by atoms with Gasteiger partial charge in [-0.25, -0.2) is 0 Å². The van der Waals surface area contributed by atoms with E-state index in [1.165, 1.54) is 25.7 Å². The second kappa shape index (κ2) is 3.82. The number of hydrogen-bond acceptors (Lipinski definition) is 2. The van der Waals surface area contributed by atoms with Crippen LogP contribution in [0.3, 0.4) is 0 Å². The summed E-state index contributed by atoms with van der Waals surface area (Å²) in [4.78, 5) is 0. The molecule has 0 heterocycles. The van der Waals surface area contributed by atoms with Crippen molar-refractivity contribution in [2.75, 3.05) is 6.61 Å². The molecule has 2 saturated carbocycles. The standard InChI is InChI=1S/C12H23NO/c1-4-14-11-8-10(12(11,2)3)13-9-6-5-7-9/h9-11,13H,4-8H2,1-3H3. The first kappa shape index (κ1) is 10.4. The Morgan fingerprint density at radius 2 is 2.07 bits per heavy atom. The van der Waals surface area contributed by atoms with Crippen molar-refractivity contribution in [3.63, 3.8) is 0 Å². The Labute approximate surface area is 87.4 Å². The molecule has 0 radical (unpaired) electrons. The van der Waals surface area contributed by atoms with Crippen LogP contribution in [0.2, 0.25) is 0 Å². The maximum atomic E-state index is 5.72. The molecule has 0 aromatic heterocycles. The fourth-order valence-electron chi connectivity index (χ4n) is 2.51. The van der Waals surface area contributed by atoms with Gasteiger partial charge in [0.1, 0.15) is 0 Å². The zero-order valence-electron chi connectivity index (χ0n) is 9.68. The van der Waals surface area contributed by atoms with E-state index in [9.17, 15) is 0 Å². The molecule has 0 bridgehead atoms. The Hall–Kier alpha value is -0.0800. The SMILES string of the molecule is CCOC1CC(NC2CCC2)C1(C)C. The van der Waals surface area contributed by atoms with Gasteiger partial charge in [-0.2, -0.15) is 0 Å². The molecule has 14 heavy (non-hydrogen) atoms. The van der Waals surface area contributed by atoms with E-state index in [2.05, 4.69) is 26.1 Å². The van der Waals surface area contributed by atoms with Gasteiger partial charge in [0.2, 0.25) is 0 Å². The van der Waals surface area contributed by atoms with Gasteiger partial charge >= 0.3 is 0 Å². The van der Waals surface area contributed by atoms with Gasteiger partial charge < -0.3 is 10.1 Å². The second-order valence-corrected chi connectivity index (χ2v) is 5.35. The van der Waals surface area contributed by atoms with Crippen molar-refractivity contribution in [1.29, 1.82) is 0 Å². The van der Waals surface area contributed by atoms with Crippen molar-refractivity contribution >= 4 is 0 Å². The molecule has 2 unspecified atom stereocenters. The molecule has 2 fully saturated rings. The largest absolute Gasteiger partial charge is 0.378 e. The van der Waals surface area contributed by atoms with Crippen molar-refractivity contribution in [3.05, 3.63) is 0 Å². The zero-order chi connectivity index (χ0) is 10.2. The first-order valence-electron chi connectivity index (χ1n) is 6.02. The maximum absolute atomic E-state index is 5.72. The Balaban J connectivity index is 1.79. The van der Waals surface area contributed by atoms with Gasteiger partial charge in [-0.3, -0.25) is 0 Å². The van der Waals surface area contributed by atoms with Gasteiger partial charge in [0.25, 0.3) is 0 Å². The molecule has 0 aromatic rings. The van der Waals surface area contributed by atoms with Crippen molar-refractivity contribution < 1.29 is 4.74 Å². The molecule has 0 aliphatic heterocycles. The molecule has 0 spiro atoms. The van der Waals surface area contributed by atoms with Crippen LogP contribution in [-0.2, 0) is 4.74 Å². The van der Waals surface area contributed by atoms with Crippen LogP contribution in [0.1, 0.15) is 46.5 Å².